The second kappa shape index (κ2) is 3.92. The van der Waals surface area contributed by atoms with Crippen LogP contribution in [0.1, 0.15) is 11.3 Å². The van der Waals surface area contributed by atoms with Crippen LogP contribution in [0.25, 0.3) is 23.3 Å². The summed E-state index contributed by atoms with van der Waals surface area (Å²) in [5, 5.41) is 0. The van der Waals surface area contributed by atoms with Crippen LogP contribution in [0.3, 0.4) is 0 Å². The van der Waals surface area contributed by atoms with Crippen LogP contribution in [0.5, 0.6) is 0 Å². The van der Waals surface area contributed by atoms with Crippen molar-refractivity contribution in [1.82, 2.24) is 9.97 Å². The van der Waals surface area contributed by atoms with Crippen molar-refractivity contribution in [3.8, 4) is 0 Å². The predicted molar refractivity (Wildman–Crippen MR) is 61.1 cm³/mol. The molecule has 74 valence electrons. The fourth-order valence-corrected chi connectivity index (χ4v) is 1.36. The van der Waals surface area contributed by atoms with Gasteiger partial charge in [-0.05, 0) is 6.08 Å². The molecular formula is C12H10N2O. The third kappa shape index (κ3) is 1.59. The molecule has 2 rings (SSSR count). The molecule has 3 nitrogen and oxygen atoms in total. The van der Waals surface area contributed by atoms with Crippen molar-refractivity contribution < 1.29 is 4.42 Å². The molecule has 0 radical (unpaired) electrons. The van der Waals surface area contributed by atoms with Gasteiger partial charge < -0.3 is 4.42 Å². The number of allylic oxidation sites excluding steroid dienone is 2. The molecule has 0 aliphatic heterocycles. The van der Waals surface area contributed by atoms with E-state index in [-0.39, 0.29) is 0 Å². The highest BCUT2D eigenvalue weighted by atomic mass is 16.3. The Bertz CT molecular complexity index is 538. The molecule has 0 N–H and O–H groups in total. The Morgan fingerprint density at radius 1 is 1.33 bits per heavy atom. The summed E-state index contributed by atoms with van der Waals surface area (Å²) in [5.41, 5.74) is 2.32. The normalized spacial score (nSPS) is 10.9. The van der Waals surface area contributed by atoms with E-state index in [1.165, 1.54) is 6.33 Å². The Morgan fingerprint density at radius 3 is 2.93 bits per heavy atom. The number of aromatic nitrogens is 2. The van der Waals surface area contributed by atoms with E-state index in [9.17, 15) is 0 Å². The minimum Gasteiger partial charge on any atom is -0.453 e. The maximum Gasteiger partial charge on any atom is 0.172 e. The zero-order chi connectivity index (χ0) is 10.7. The van der Waals surface area contributed by atoms with Crippen molar-refractivity contribution in [2.45, 2.75) is 0 Å². The molecule has 0 fully saturated rings. The van der Waals surface area contributed by atoms with Crippen molar-refractivity contribution >= 4 is 23.3 Å². The fraction of sp³-hybridized carbons (Fsp3) is 0. The predicted octanol–water partition coefficient (Wildman–Crippen LogP) is 3.07. The molecule has 0 bridgehead atoms. The second-order valence-electron chi connectivity index (χ2n) is 2.91. The first kappa shape index (κ1) is 9.40. The SMILES string of the molecule is C=C/C=C\c1oc2cncnc2c1C=C. The van der Waals surface area contributed by atoms with Crippen LogP contribution in [0.15, 0.2) is 42.3 Å². The summed E-state index contributed by atoms with van der Waals surface area (Å²) in [6.45, 7) is 7.34. The fourth-order valence-electron chi connectivity index (χ4n) is 1.36. The molecule has 0 aliphatic carbocycles. The van der Waals surface area contributed by atoms with Crippen LogP contribution in [0.2, 0.25) is 0 Å². The molecule has 0 atom stereocenters. The van der Waals surface area contributed by atoms with Crippen LogP contribution >= 0.6 is 0 Å². The standard InChI is InChI=1S/C12H10N2O/c1-3-5-6-10-9(4-2)12-11(15-10)7-13-8-14-12/h3-8H,1-2H2/b6-5-. The van der Waals surface area contributed by atoms with E-state index in [2.05, 4.69) is 23.1 Å². The first-order chi connectivity index (χ1) is 7.36. The summed E-state index contributed by atoms with van der Waals surface area (Å²) in [5.74, 6) is 0.723. The number of fused-ring (bicyclic) bond motifs is 1. The third-order valence-corrected chi connectivity index (χ3v) is 2.01. The van der Waals surface area contributed by atoms with E-state index in [0.717, 1.165) is 16.8 Å². The van der Waals surface area contributed by atoms with Crippen LogP contribution in [-0.2, 0) is 0 Å². The van der Waals surface area contributed by atoms with E-state index >= 15 is 0 Å². The number of hydrogen-bond acceptors (Lipinski definition) is 3. The minimum atomic E-state index is 0.663. The molecule has 15 heavy (non-hydrogen) atoms. The highest BCUT2D eigenvalue weighted by Crippen LogP contribution is 2.25. The monoisotopic (exact) mass is 198 g/mol. The lowest BCUT2D eigenvalue weighted by atomic mass is 10.2. The van der Waals surface area contributed by atoms with Gasteiger partial charge in [-0.2, -0.15) is 0 Å². The van der Waals surface area contributed by atoms with Gasteiger partial charge in [-0.3, -0.25) is 0 Å². The number of rotatable bonds is 3. The number of furan rings is 1. The van der Waals surface area contributed by atoms with Gasteiger partial charge in [0.15, 0.2) is 5.58 Å². The first-order valence-corrected chi connectivity index (χ1v) is 4.51. The first-order valence-electron chi connectivity index (χ1n) is 4.51. The van der Waals surface area contributed by atoms with Crippen molar-refractivity contribution in [3.63, 3.8) is 0 Å². The lowest BCUT2D eigenvalue weighted by molar-refractivity contribution is 0.601. The second-order valence-corrected chi connectivity index (χ2v) is 2.91. The van der Waals surface area contributed by atoms with Gasteiger partial charge in [-0.15, -0.1) is 0 Å². The minimum absolute atomic E-state index is 0.663. The largest absolute Gasteiger partial charge is 0.453 e. The molecule has 0 spiro atoms. The topological polar surface area (TPSA) is 38.9 Å². The molecule has 0 aliphatic rings. The van der Waals surface area contributed by atoms with Crippen molar-refractivity contribution in [2.75, 3.05) is 0 Å². The van der Waals surface area contributed by atoms with Gasteiger partial charge in [0.25, 0.3) is 0 Å². The Morgan fingerprint density at radius 2 is 2.20 bits per heavy atom. The zero-order valence-electron chi connectivity index (χ0n) is 8.18. The van der Waals surface area contributed by atoms with Crippen LogP contribution in [0, 0.1) is 0 Å². The molecule has 0 amide bonds. The van der Waals surface area contributed by atoms with Gasteiger partial charge in [-0.1, -0.05) is 31.4 Å². The molecule has 2 aromatic rings. The molecule has 3 heteroatoms. The Kier molecular flexibility index (Phi) is 2.46. The van der Waals surface area contributed by atoms with Crippen molar-refractivity contribution in [3.05, 3.63) is 49.2 Å². The molecule has 0 unspecified atom stereocenters. The van der Waals surface area contributed by atoms with Crippen LogP contribution < -0.4 is 0 Å². The van der Waals surface area contributed by atoms with E-state index in [0.29, 0.717) is 5.58 Å². The van der Waals surface area contributed by atoms with Crippen LogP contribution in [-0.4, -0.2) is 9.97 Å². The van der Waals surface area contributed by atoms with Gasteiger partial charge in [0.05, 0.1) is 6.20 Å². The summed E-state index contributed by atoms with van der Waals surface area (Å²) >= 11 is 0. The zero-order valence-corrected chi connectivity index (χ0v) is 8.18. The van der Waals surface area contributed by atoms with E-state index < -0.39 is 0 Å². The maximum absolute atomic E-state index is 5.56. The maximum atomic E-state index is 5.56. The van der Waals surface area contributed by atoms with Gasteiger partial charge in [0.2, 0.25) is 0 Å². The van der Waals surface area contributed by atoms with E-state index in [4.69, 9.17) is 4.42 Å². The molecule has 0 saturated carbocycles. The summed E-state index contributed by atoms with van der Waals surface area (Å²) in [6, 6.07) is 0. The Hall–Kier alpha value is -2.16. The molecule has 0 saturated heterocycles. The quantitative estimate of drug-likeness (QED) is 0.711. The molecular weight excluding hydrogens is 188 g/mol. The summed E-state index contributed by atoms with van der Waals surface area (Å²) < 4.78 is 5.56. The molecule has 2 heterocycles. The van der Waals surface area contributed by atoms with Crippen molar-refractivity contribution in [1.29, 1.82) is 0 Å². The lowest BCUT2D eigenvalue weighted by Crippen LogP contribution is -1.78. The Labute approximate surface area is 87.5 Å². The van der Waals surface area contributed by atoms with Crippen LogP contribution in [0.4, 0.5) is 0 Å². The lowest BCUT2D eigenvalue weighted by Gasteiger charge is -1.87. The van der Waals surface area contributed by atoms with Gasteiger partial charge in [0, 0.05) is 5.56 Å². The third-order valence-electron chi connectivity index (χ3n) is 2.01. The van der Waals surface area contributed by atoms with E-state index in [1.807, 2.05) is 6.08 Å². The molecule has 0 aromatic carbocycles. The number of hydrogen-bond donors (Lipinski definition) is 0. The molecule has 2 aromatic heterocycles. The Balaban J connectivity index is 2.68. The smallest absolute Gasteiger partial charge is 0.172 e. The summed E-state index contributed by atoms with van der Waals surface area (Å²) in [4.78, 5) is 8.04. The average Bonchev–Trinajstić information content (AvgIpc) is 2.63. The van der Waals surface area contributed by atoms with E-state index in [1.54, 1.807) is 24.4 Å². The average molecular weight is 198 g/mol. The summed E-state index contributed by atoms with van der Waals surface area (Å²) in [6.07, 6.45) is 10.2. The summed E-state index contributed by atoms with van der Waals surface area (Å²) in [7, 11) is 0. The van der Waals surface area contributed by atoms with Gasteiger partial charge in [-0.25, -0.2) is 9.97 Å². The highest BCUT2D eigenvalue weighted by molar-refractivity contribution is 5.86. The number of nitrogens with zero attached hydrogens (tertiary/aromatic N) is 2. The highest BCUT2D eigenvalue weighted by Gasteiger charge is 2.09. The van der Waals surface area contributed by atoms with Crippen molar-refractivity contribution in [2.24, 2.45) is 0 Å². The van der Waals surface area contributed by atoms with Gasteiger partial charge >= 0.3 is 0 Å². The van der Waals surface area contributed by atoms with Gasteiger partial charge in [0.1, 0.15) is 17.6 Å².